The molecule has 4 rings (SSSR count). The van der Waals surface area contributed by atoms with Crippen molar-refractivity contribution < 1.29 is 14.3 Å². The fourth-order valence-electron chi connectivity index (χ4n) is 3.56. The van der Waals surface area contributed by atoms with Crippen molar-refractivity contribution >= 4 is 11.6 Å². The van der Waals surface area contributed by atoms with Gasteiger partial charge in [0.05, 0.1) is 25.1 Å². The van der Waals surface area contributed by atoms with Crippen LogP contribution in [0.4, 0.5) is 0 Å². The molecule has 2 aromatic carbocycles. The van der Waals surface area contributed by atoms with E-state index in [1.165, 1.54) is 0 Å². The van der Waals surface area contributed by atoms with Gasteiger partial charge in [0.2, 0.25) is 11.8 Å². The molecule has 0 aliphatic heterocycles. The Kier molecular flexibility index (Phi) is 6.60. The Balaban J connectivity index is 1.40. The van der Waals surface area contributed by atoms with E-state index < -0.39 is 0 Å². The maximum Gasteiger partial charge on any atom is 0.231 e. The summed E-state index contributed by atoms with van der Waals surface area (Å²) in [4.78, 5) is 12.6. The number of nitrogens with zero attached hydrogens (tertiary/aromatic N) is 4. The van der Waals surface area contributed by atoms with Crippen molar-refractivity contribution in [3.05, 3.63) is 72.3 Å². The molecule has 8 heteroatoms. The first-order valence-electron chi connectivity index (χ1n) is 10.5. The van der Waals surface area contributed by atoms with Crippen LogP contribution in [0.1, 0.15) is 24.8 Å². The molecule has 8 nitrogen and oxygen atoms in total. The summed E-state index contributed by atoms with van der Waals surface area (Å²) in [5.41, 5.74) is 2.39. The lowest BCUT2D eigenvalue weighted by Gasteiger charge is -2.15. The molecule has 0 aliphatic rings. The highest BCUT2D eigenvalue weighted by atomic mass is 16.5. The van der Waals surface area contributed by atoms with Gasteiger partial charge in [0.15, 0.2) is 11.5 Å². The number of hydrogen-bond donors (Lipinski definition) is 1. The Morgan fingerprint density at radius 1 is 1.03 bits per heavy atom. The number of rotatable bonds is 9. The Bertz CT molecular complexity index is 1190. The number of hydrogen-bond acceptors (Lipinski definition) is 6. The molecule has 32 heavy (non-hydrogen) atoms. The molecule has 0 fully saturated rings. The van der Waals surface area contributed by atoms with Gasteiger partial charge in [-0.15, -0.1) is 15.3 Å². The molecule has 1 unspecified atom stereocenters. The first-order valence-corrected chi connectivity index (χ1v) is 10.5. The number of methoxy groups -OCH3 is 1. The molecule has 1 amide bonds. The van der Waals surface area contributed by atoms with Gasteiger partial charge in [-0.05, 0) is 30.2 Å². The first-order chi connectivity index (χ1) is 15.7. The van der Waals surface area contributed by atoms with Crippen LogP contribution in [0.15, 0.2) is 66.7 Å². The largest absolute Gasteiger partial charge is 0.496 e. The van der Waals surface area contributed by atoms with Gasteiger partial charge in [-0.1, -0.05) is 49.4 Å². The first kappa shape index (κ1) is 21.3. The zero-order valence-corrected chi connectivity index (χ0v) is 18.1. The second kappa shape index (κ2) is 9.91. The van der Waals surface area contributed by atoms with Crippen LogP contribution in [-0.2, 0) is 4.79 Å². The number of amides is 1. The van der Waals surface area contributed by atoms with Gasteiger partial charge < -0.3 is 14.8 Å². The van der Waals surface area contributed by atoms with Gasteiger partial charge >= 0.3 is 0 Å². The number of fused-ring (bicyclic) bond motifs is 1. The van der Waals surface area contributed by atoms with Crippen LogP contribution in [-0.4, -0.2) is 46.0 Å². The molecule has 0 aliphatic carbocycles. The maximum absolute atomic E-state index is 12.6. The highest BCUT2D eigenvalue weighted by molar-refractivity contribution is 5.83. The van der Waals surface area contributed by atoms with Gasteiger partial charge in [0.1, 0.15) is 12.4 Å². The summed E-state index contributed by atoms with van der Waals surface area (Å²) < 4.78 is 12.8. The minimum Gasteiger partial charge on any atom is -0.496 e. The van der Waals surface area contributed by atoms with Crippen molar-refractivity contribution in [1.29, 1.82) is 0 Å². The lowest BCUT2D eigenvalue weighted by Crippen LogP contribution is -2.32. The SMILES string of the molecule is CCC(C(=O)NCCOc1ccc2nnc(-c3ccccc3OC)n2n1)c1ccccc1. The van der Waals surface area contributed by atoms with Crippen LogP contribution >= 0.6 is 0 Å². The summed E-state index contributed by atoms with van der Waals surface area (Å²) in [5.74, 6) is 1.47. The Morgan fingerprint density at radius 2 is 1.81 bits per heavy atom. The summed E-state index contributed by atoms with van der Waals surface area (Å²) in [6.07, 6.45) is 0.730. The van der Waals surface area contributed by atoms with E-state index >= 15 is 0 Å². The predicted molar refractivity (Wildman–Crippen MR) is 121 cm³/mol. The topological polar surface area (TPSA) is 90.6 Å². The van der Waals surface area contributed by atoms with Gasteiger partial charge in [-0.2, -0.15) is 4.52 Å². The number of ether oxygens (including phenoxy) is 2. The van der Waals surface area contributed by atoms with Crippen LogP contribution in [0, 0.1) is 0 Å². The quantitative estimate of drug-likeness (QED) is 0.408. The molecule has 0 spiro atoms. The third-order valence-corrected chi connectivity index (χ3v) is 5.16. The van der Waals surface area contributed by atoms with E-state index in [-0.39, 0.29) is 11.8 Å². The summed E-state index contributed by atoms with van der Waals surface area (Å²) in [5, 5.41) is 15.9. The van der Waals surface area contributed by atoms with E-state index in [0.717, 1.165) is 17.5 Å². The molecule has 2 aromatic heterocycles. The Hall–Kier alpha value is -3.94. The number of nitrogens with one attached hydrogen (secondary N) is 1. The molecule has 2 heterocycles. The molecule has 0 saturated heterocycles. The van der Waals surface area contributed by atoms with Gasteiger partial charge in [-0.3, -0.25) is 4.79 Å². The highest BCUT2D eigenvalue weighted by Gasteiger charge is 2.18. The molecular formula is C24H25N5O3. The number of carbonyl (C=O) groups is 1. The zero-order chi connectivity index (χ0) is 22.3. The van der Waals surface area contributed by atoms with Crippen LogP contribution in [0.5, 0.6) is 11.6 Å². The number of carbonyl (C=O) groups excluding carboxylic acids is 1. The number of para-hydroxylation sites is 1. The maximum atomic E-state index is 12.6. The molecule has 1 N–H and O–H groups in total. The van der Waals surface area contributed by atoms with Crippen molar-refractivity contribution in [3.63, 3.8) is 0 Å². The van der Waals surface area contributed by atoms with Crippen molar-refractivity contribution in [1.82, 2.24) is 25.1 Å². The minimum atomic E-state index is -0.175. The Morgan fingerprint density at radius 3 is 2.59 bits per heavy atom. The van der Waals surface area contributed by atoms with Gasteiger partial charge in [-0.25, -0.2) is 0 Å². The van der Waals surface area contributed by atoms with Crippen LogP contribution in [0.2, 0.25) is 0 Å². The summed E-state index contributed by atoms with van der Waals surface area (Å²) in [6, 6.07) is 20.9. The Labute approximate surface area is 186 Å². The number of aromatic nitrogens is 4. The molecule has 164 valence electrons. The van der Waals surface area contributed by atoms with Gasteiger partial charge in [0.25, 0.3) is 0 Å². The minimum absolute atomic E-state index is 0.0111. The van der Waals surface area contributed by atoms with E-state index in [1.807, 2.05) is 61.5 Å². The average molecular weight is 431 g/mol. The normalized spacial score (nSPS) is 11.8. The smallest absolute Gasteiger partial charge is 0.231 e. The van der Waals surface area contributed by atoms with Crippen LogP contribution in [0.3, 0.4) is 0 Å². The van der Waals surface area contributed by atoms with E-state index in [1.54, 1.807) is 23.8 Å². The number of benzene rings is 2. The van der Waals surface area contributed by atoms with Crippen molar-refractivity contribution in [2.24, 2.45) is 0 Å². The monoisotopic (exact) mass is 431 g/mol. The highest BCUT2D eigenvalue weighted by Crippen LogP contribution is 2.28. The molecule has 0 bridgehead atoms. The van der Waals surface area contributed by atoms with E-state index in [4.69, 9.17) is 9.47 Å². The summed E-state index contributed by atoms with van der Waals surface area (Å²) >= 11 is 0. The third-order valence-electron chi connectivity index (χ3n) is 5.16. The van der Waals surface area contributed by atoms with Crippen molar-refractivity contribution in [2.45, 2.75) is 19.3 Å². The second-order valence-electron chi connectivity index (χ2n) is 7.18. The van der Waals surface area contributed by atoms with E-state index in [2.05, 4.69) is 20.6 Å². The summed E-state index contributed by atoms with van der Waals surface area (Å²) in [6.45, 7) is 2.68. The zero-order valence-electron chi connectivity index (χ0n) is 18.1. The van der Waals surface area contributed by atoms with Crippen molar-refractivity contribution in [2.75, 3.05) is 20.3 Å². The van der Waals surface area contributed by atoms with Gasteiger partial charge in [0, 0.05) is 6.07 Å². The lowest BCUT2D eigenvalue weighted by molar-refractivity contribution is -0.122. The molecule has 0 radical (unpaired) electrons. The van der Waals surface area contributed by atoms with Crippen LogP contribution in [0.25, 0.3) is 17.0 Å². The fraction of sp³-hybridized carbons (Fsp3) is 0.250. The summed E-state index contributed by atoms with van der Waals surface area (Å²) in [7, 11) is 1.61. The predicted octanol–water partition coefficient (Wildman–Crippen LogP) is 3.49. The molecule has 4 aromatic rings. The molecule has 1 atom stereocenters. The van der Waals surface area contributed by atoms with E-state index in [9.17, 15) is 4.79 Å². The van der Waals surface area contributed by atoms with Crippen molar-refractivity contribution in [3.8, 4) is 23.0 Å². The average Bonchev–Trinajstić information content (AvgIpc) is 3.26. The molecular weight excluding hydrogens is 406 g/mol. The fourth-order valence-corrected chi connectivity index (χ4v) is 3.56. The standard InChI is InChI=1S/C24H25N5O3/c1-3-18(17-9-5-4-6-10-17)24(30)25-15-16-32-22-14-13-21-26-27-23(29(21)28-22)19-11-7-8-12-20(19)31-2/h4-14,18H,3,15-16H2,1-2H3,(H,25,30). The second-order valence-corrected chi connectivity index (χ2v) is 7.18. The third kappa shape index (κ3) is 4.54. The molecule has 0 saturated carbocycles. The van der Waals surface area contributed by atoms with Crippen LogP contribution < -0.4 is 14.8 Å². The van der Waals surface area contributed by atoms with E-state index in [0.29, 0.717) is 36.3 Å². The lowest BCUT2D eigenvalue weighted by atomic mass is 9.96.